The van der Waals surface area contributed by atoms with E-state index in [1.54, 1.807) is 48.5 Å². The largest absolute Gasteiger partial charge is 0.507 e. The predicted octanol–water partition coefficient (Wildman–Crippen LogP) is 5.38. The van der Waals surface area contributed by atoms with Gasteiger partial charge in [0.15, 0.2) is 0 Å². The van der Waals surface area contributed by atoms with E-state index in [-0.39, 0.29) is 23.4 Å². The highest BCUT2D eigenvalue weighted by molar-refractivity contribution is 6.51. The zero-order valence-electron chi connectivity index (χ0n) is 20.8. The zero-order valence-corrected chi connectivity index (χ0v) is 20.8. The van der Waals surface area contributed by atoms with Gasteiger partial charge in [-0.3, -0.25) is 14.5 Å². The van der Waals surface area contributed by atoms with Crippen LogP contribution in [-0.2, 0) is 9.59 Å². The van der Waals surface area contributed by atoms with Crippen LogP contribution in [0, 0.1) is 0 Å². The maximum Gasteiger partial charge on any atom is 0.302 e. The number of benzene rings is 3. The molecule has 5 rings (SSSR count). The monoisotopic (exact) mass is 497 g/mol. The molecule has 1 atom stereocenters. The van der Waals surface area contributed by atoms with Crippen LogP contribution in [0.3, 0.4) is 0 Å². The highest BCUT2D eigenvalue weighted by Gasteiger charge is 2.48. The number of anilines is 1. The minimum Gasteiger partial charge on any atom is -0.507 e. The molecule has 0 spiro atoms. The summed E-state index contributed by atoms with van der Waals surface area (Å²) >= 11 is 0. The lowest BCUT2D eigenvalue weighted by Crippen LogP contribution is -2.30. The highest BCUT2D eigenvalue weighted by Crippen LogP contribution is 2.42. The van der Waals surface area contributed by atoms with Crippen molar-refractivity contribution >= 4 is 34.4 Å². The number of carbonyl (C=O) groups is 2. The van der Waals surface area contributed by atoms with Gasteiger partial charge in [-0.05, 0) is 62.7 Å². The van der Waals surface area contributed by atoms with Gasteiger partial charge >= 0.3 is 5.91 Å². The van der Waals surface area contributed by atoms with Gasteiger partial charge in [-0.2, -0.15) is 0 Å². The van der Waals surface area contributed by atoms with E-state index < -0.39 is 17.7 Å². The van der Waals surface area contributed by atoms with Crippen molar-refractivity contribution in [3.8, 4) is 11.5 Å². The number of para-hydroxylation sites is 2. The molecule has 2 N–H and O–H groups in total. The van der Waals surface area contributed by atoms with Crippen LogP contribution < -0.4 is 14.4 Å². The number of nitrogens with zero attached hydrogens (tertiary/aromatic N) is 2. The Hall–Kier alpha value is -4.59. The fraction of sp³-hybridized carbons (Fsp3) is 0.207. The number of aliphatic hydroxyl groups excluding tert-OH is 1. The Morgan fingerprint density at radius 2 is 1.78 bits per heavy atom. The molecule has 1 aliphatic rings. The third kappa shape index (κ3) is 4.53. The van der Waals surface area contributed by atoms with Crippen LogP contribution in [0.25, 0.3) is 16.8 Å². The first-order valence-corrected chi connectivity index (χ1v) is 12.1. The van der Waals surface area contributed by atoms with E-state index in [1.165, 1.54) is 4.90 Å². The standard InChI is InChI=1S/C29H27N3O5/c1-4-36-21-9-7-8-19(16-21)26(33)24-25(18-12-14-20(15-13-18)37-17(2)3)32(28(35)27(24)34)29-30-22-10-5-6-11-23(22)31-29/h5-17,25,33H,4H2,1-3H3,(H,30,31)/b26-24+. The lowest BCUT2D eigenvalue weighted by atomic mass is 9.95. The van der Waals surface area contributed by atoms with E-state index in [2.05, 4.69) is 9.97 Å². The van der Waals surface area contributed by atoms with Crippen LogP contribution in [0.1, 0.15) is 37.9 Å². The van der Waals surface area contributed by atoms with Crippen molar-refractivity contribution in [2.45, 2.75) is 32.9 Å². The number of hydrogen-bond acceptors (Lipinski definition) is 6. The smallest absolute Gasteiger partial charge is 0.302 e. The number of hydrogen-bond donors (Lipinski definition) is 2. The van der Waals surface area contributed by atoms with E-state index in [4.69, 9.17) is 9.47 Å². The molecule has 1 fully saturated rings. The summed E-state index contributed by atoms with van der Waals surface area (Å²) in [6, 6.07) is 20.4. The molecule has 3 aromatic carbocycles. The second-order valence-corrected chi connectivity index (χ2v) is 8.94. The maximum absolute atomic E-state index is 13.4. The van der Waals surface area contributed by atoms with E-state index in [1.807, 2.05) is 45.0 Å². The van der Waals surface area contributed by atoms with Crippen LogP contribution in [0.2, 0.25) is 0 Å². The topological polar surface area (TPSA) is 105 Å². The molecular formula is C29H27N3O5. The fourth-order valence-electron chi connectivity index (χ4n) is 4.48. The normalized spacial score (nSPS) is 17.1. The Morgan fingerprint density at radius 3 is 2.49 bits per heavy atom. The van der Waals surface area contributed by atoms with Gasteiger partial charge in [-0.15, -0.1) is 0 Å². The van der Waals surface area contributed by atoms with Crippen molar-refractivity contribution in [2.24, 2.45) is 0 Å². The van der Waals surface area contributed by atoms with Gasteiger partial charge in [-0.1, -0.05) is 36.4 Å². The molecule has 1 amide bonds. The summed E-state index contributed by atoms with van der Waals surface area (Å²) in [6.45, 7) is 6.17. The van der Waals surface area contributed by atoms with Gasteiger partial charge in [-0.25, -0.2) is 4.98 Å². The van der Waals surface area contributed by atoms with Gasteiger partial charge in [0.2, 0.25) is 5.95 Å². The third-order valence-corrected chi connectivity index (χ3v) is 6.04. The number of rotatable bonds is 7. The summed E-state index contributed by atoms with van der Waals surface area (Å²) in [5.74, 6) is -0.445. The van der Waals surface area contributed by atoms with Crippen molar-refractivity contribution in [3.63, 3.8) is 0 Å². The number of H-pyrrole nitrogens is 1. The van der Waals surface area contributed by atoms with Crippen molar-refractivity contribution in [3.05, 3.63) is 89.5 Å². The molecule has 1 saturated heterocycles. The number of carbonyl (C=O) groups excluding carboxylic acids is 2. The SMILES string of the molecule is CCOc1cccc(/C(O)=C2\C(=O)C(=O)N(c3nc4ccccc4[nH]3)C2c2ccc(OC(C)C)cc2)c1. The molecule has 1 aliphatic heterocycles. The number of Topliss-reactive ketones (excluding diaryl/α,β-unsaturated/α-hetero) is 1. The van der Waals surface area contributed by atoms with E-state index in [0.717, 1.165) is 5.52 Å². The minimum absolute atomic E-state index is 0.00958. The molecule has 188 valence electrons. The number of imidazole rings is 1. The molecule has 37 heavy (non-hydrogen) atoms. The summed E-state index contributed by atoms with van der Waals surface area (Å²) < 4.78 is 11.3. The Morgan fingerprint density at radius 1 is 1.03 bits per heavy atom. The first kappa shape index (κ1) is 24.1. The van der Waals surface area contributed by atoms with Crippen molar-refractivity contribution in [2.75, 3.05) is 11.5 Å². The Labute approximate surface area is 214 Å². The molecule has 2 heterocycles. The van der Waals surface area contributed by atoms with Gasteiger partial charge in [0.05, 0.1) is 35.4 Å². The van der Waals surface area contributed by atoms with Crippen LogP contribution >= 0.6 is 0 Å². The van der Waals surface area contributed by atoms with E-state index in [9.17, 15) is 14.7 Å². The number of ether oxygens (including phenoxy) is 2. The summed E-state index contributed by atoms with van der Waals surface area (Å²) in [7, 11) is 0. The third-order valence-electron chi connectivity index (χ3n) is 6.04. The second-order valence-electron chi connectivity index (χ2n) is 8.94. The van der Waals surface area contributed by atoms with Gasteiger partial charge in [0, 0.05) is 5.56 Å². The van der Waals surface area contributed by atoms with Crippen molar-refractivity contribution < 1.29 is 24.2 Å². The lowest BCUT2D eigenvalue weighted by Gasteiger charge is -2.23. The molecule has 0 saturated carbocycles. The zero-order chi connectivity index (χ0) is 26.1. The number of aromatic nitrogens is 2. The number of ketones is 1. The van der Waals surface area contributed by atoms with Crippen molar-refractivity contribution in [1.82, 2.24) is 9.97 Å². The molecule has 1 unspecified atom stereocenters. The number of aliphatic hydroxyl groups is 1. The molecule has 4 aromatic rings. The average molecular weight is 498 g/mol. The van der Waals surface area contributed by atoms with Gasteiger partial charge in [0.25, 0.3) is 5.78 Å². The van der Waals surface area contributed by atoms with Crippen LogP contribution in [0.4, 0.5) is 5.95 Å². The molecule has 0 radical (unpaired) electrons. The summed E-state index contributed by atoms with van der Waals surface area (Å²) in [6.07, 6.45) is -0.00958. The first-order chi connectivity index (χ1) is 17.9. The quantitative estimate of drug-likeness (QED) is 0.202. The molecule has 0 bridgehead atoms. The van der Waals surface area contributed by atoms with Crippen LogP contribution in [0.5, 0.6) is 11.5 Å². The summed E-state index contributed by atoms with van der Waals surface area (Å²) in [5, 5.41) is 11.4. The van der Waals surface area contributed by atoms with Crippen LogP contribution in [0.15, 0.2) is 78.4 Å². The van der Waals surface area contributed by atoms with Crippen LogP contribution in [-0.4, -0.2) is 39.5 Å². The summed E-state index contributed by atoms with van der Waals surface area (Å²) in [4.78, 5) is 35.8. The molecule has 1 aromatic heterocycles. The molecule has 8 nitrogen and oxygen atoms in total. The lowest BCUT2D eigenvalue weighted by molar-refractivity contribution is -0.132. The number of amides is 1. The Balaban J connectivity index is 1.67. The summed E-state index contributed by atoms with van der Waals surface area (Å²) in [5.41, 5.74) is 2.35. The minimum atomic E-state index is -0.913. The van der Waals surface area contributed by atoms with Crippen molar-refractivity contribution in [1.29, 1.82) is 0 Å². The average Bonchev–Trinajstić information content (AvgIpc) is 3.42. The predicted molar refractivity (Wildman–Crippen MR) is 141 cm³/mol. The van der Waals surface area contributed by atoms with E-state index in [0.29, 0.717) is 34.7 Å². The first-order valence-electron chi connectivity index (χ1n) is 12.1. The van der Waals surface area contributed by atoms with Gasteiger partial charge in [0.1, 0.15) is 17.3 Å². The van der Waals surface area contributed by atoms with E-state index >= 15 is 0 Å². The molecule has 8 heteroatoms. The molecular weight excluding hydrogens is 470 g/mol. The molecule has 0 aliphatic carbocycles. The second kappa shape index (κ2) is 9.81. The number of aromatic amines is 1. The highest BCUT2D eigenvalue weighted by atomic mass is 16.5. The number of nitrogens with one attached hydrogen (secondary N) is 1. The fourth-order valence-corrected chi connectivity index (χ4v) is 4.48. The van der Waals surface area contributed by atoms with Gasteiger partial charge < -0.3 is 19.6 Å². The maximum atomic E-state index is 13.4. The Kier molecular flexibility index (Phi) is 6.40. The number of fused-ring (bicyclic) bond motifs is 1. The Bertz CT molecular complexity index is 1470.